The molecule has 0 bridgehead atoms. The van der Waals surface area contributed by atoms with E-state index in [1.54, 1.807) is 11.3 Å². The standard InChI is InChI=1S/C22H29FN4OS/c23-20-2-4-21(5-3-20)26-8-1-7-24(9-12-26)17-22(28)27-13-10-25(11-14-27)16-19-6-15-29-18-19/h2-6,15,18H,1,7-14,16-17H2. The number of benzene rings is 1. The zero-order chi connectivity index (χ0) is 20.1. The first kappa shape index (κ1) is 20.3. The highest BCUT2D eigenvalue weighted by Gasteiger charge is 2.24. The normalized spacial score (nSPS) is 19.3. The van der Waals surface area contributed by atoms with Crippen molar-refractivity contribution in [3.63, 3.8) is 0 Å². The molecular weight excluding hydrogens is 387 g/mol. The van der Waals surface area contributed by atoms with Crippen LogP contribution >= 0.6 is 11.3 Å². The van der Waals surface area contributed by atoms with Crippen LogP contribution < -0.4 is 4.90 Å². The molecule has 2 aliphatic rings. The molecule has 2 aliphatic heterocycles. The van der Waals surface area contributed by atoms with Gasteiger partial charge in [0.25, 0.3) is 0 Å². The first-order valence-electron chi connectivity index (χ1n) is 10.4. The van der Waals surface area contributed by atoms with Gasteiger partial charge in [0, 0.05) is 64.6 Å². The second kappa shape index (κ2) is 9.69. The van der Waals surface area contributed by atoms with Crippen LogP contribution in [0, 0.1) is 5.82 Å². The van der Waals surface area contributed by atoms with Crippen LogP contribution in [0.5, 0.6) is 0 Å². The number of anilines is 1. The number of hydrogen-bond acceptors (Lipinski definition) is 5. The zero-order valence-corrected chi connectivity index (χ0v) is 17.6. The van der Waals surface area contributed by atoms with Crippen molar-refractivity contribution in [2.75, 3.05) is 63.8 Å². The largest absolute Gasteiger partial charge is 0.370 e. The van der Waals surface area contributed by atoms with Crippen LogP contribution in [-0.4, -0.2) is 79.5 Å². The number of carbonyl (C=O) groups is 1. The maximum absolute atomic E-state index is 13.2. The first-order valence-corrected chi connectivity index (χ1v) is 11.4. The molecule has 156 valence electrons. The summed E-state index contributed by atoms with van der Waals surface area (Å²) >= 11 is 1.74. The quantitative estimate of drug-likeness (QED) is 0.750. The Balaban J connectivity index is 1.22. The minimum Gasteiger partial charge on any atom is -0.370 e. The summed E-state index contributed by atoms with van der Waals surface area (Å²) in [5.41, 5.74) is 2.42. The van der Waals surface area contributed by atoms with E-state index in [1.165, 1.54) is 17.7 Å². The molecule has 0 N–H and O–H groups in total. The van der Waals surface area contributed by atoms with Gasteiger partial charge in [-0.15, -0.1) is 0 Å². The highest BCUT2D eigenvalue weighted by molar-refractivity contribution is 7.07. The topological polar surface area (TPSA) is 30.0 Å². The van der Waals surface area contributed by atoms with Crippen LogP contribution in [0.15, 0.2) is 41.1 Å². The molecule has 0 aliphatic carbocycles. The summed E-state index contributed by atoms with van der Waals surface area (Å²) in [6.07, 6.45) is 1.01. The summed E-state index contributed by atoms with van der Waals surface area (Å²) in [6, 6.07) is 8.88. The van der Waals surface area contributed by atoms with Crippen molar-refractivity contribution in [3.05, 3.63) is 52.5 Å². The molecule has 1 amide bonds. The molecular formula is C22H29FN4OS. The van der Waals surface area contributed by atoms with Crippen molar-refractivity contribution in [3.8, 4) is 0 Å². The molecule has 0 spiro atoms. The summed E-state index contributed by atoms with van der Waals surface area (Å²) in [5.74, 6) is 0.0432. The molecule has 0 unspecified atom stereocenters. The van der Waals surface area contributed by atoms with Gasteiger partial charge in [0.15, 0.2) is 0 Å². The molecule has 7 heteroatoms. The molecule has 5 nitrogen and oxygen atoms in total. The lowest BCUT2D eigenvalue weighted by atomic mass is 10.2. The Kier molecular flexibility index (Phi) is 6.79. The van der Waals surface area contributed by atoms with E-state index in [1.807, 2.05) is 17.0 Å². The lowest BCUT2D eigenvalue weighted by molar-refractivity contribution is -0.134. The summed E-state index contributed by atoms with van der Waals surface area (Å²) < 4.78 is 13.2. The van der Waals surface area contributed by atoms with Crippen molar-refractivity contribution in [2.24, 2.45) is 0 Å². The van der Waals surface area contributed by atoms with Crippen molar-refractivity contribution in [2.45, 2.75) is 13.0 Å². The fourth-order valence-electron chi connectivity index (χ4n) is 4.13. The Hall–Kier alpha value is -1.96. The molecule has 2 fully saturated rings. The Morgan fingerprint density at radius 1 is 0.897 bits per heavy atom. The van der Waals surface area contributed by atoms with Gasteiger partial charge in [-0.25, -0.2) is 4.39 Å². The molecule has 2 aromatic rings. The molecule has 0 saturated carbocycles. The van der Waals surface area contributed by atoms with E-state index in [4.69, 9.17) is 0 Å². The van der Waals surface area contributed by atoms with Crippen molar-refractivity contribution in [1.29, 1.82) is 0 Å². The van der Waals surface area contributed by atoms with Crippen LogP contribution in [0.2, 0.25) is 0 Å². The second-order valence-corrected chi connectivity index (χ2v) is 8.66. The number of thiophene rings is 1. The lowest BCUT2D eigenvalue weighted by Crippen LogP contribution is -2.51. The maximum Gasteiger partial charge on any atom is 0.236 e. The lowest BCUT2D eigenvalue weighted by Gasteiger charge is -2.35. The average Bonchev–Trinajstić information content (AvgIpc) is 3.13. The third-order valence-corrected chi connectivity index (χ3v) is 6.58. The van der Waals surface area contributed by atoms with Gasteiger partial charge in [-0.3, -0.25) is 14.6 Å². The van der Waals surface area contributed by atoms with Gasteiger partial charge < -0.3 is 9.80 Å². The van der Waals surface area contributed by atoms with E-state index in [2.05, 4.69) is 31.5 Å². The number of amides is 1. The Bertz CT molecular complexity index is 775. The number of hydrogen-bond donors (Lipinski definition) is 0. The monoisotopic (exact) mass is 416 g/mol. The average molecular weight is 417 g/mol. The second-order valence-electron chi connectivity index (χ2n) is 7.88. The van der Waals surface area contributed by atoms with Gasteiger partial charge in [0.2, 0.25) is 5.91 Å². The molecule has 4 rings (SSSR count). The fourth-order valence-corrected chi connectivity index (χ4v) is 4.79. The van der Waals surface area contributed by atoms with Gasteiger partial charge in [-0.05, 0) is 53.1 Å². The number of piperazine rings is 1. The SMILES string of the molecule is O=C(CN1CCCN(c2ccc(F)cc2)CC1)N1CCN(Cc2ccsc2)CC1. The summed E-state index contributed by atoms with van der Waals surface area (Å²) in [7, 11) is 0. The van der Waals surface area contributed by atoms with Gasteiger partial charge in [-0.2, -0.15) is 11.3 Å². The van der Waals surface area contributed by atoms with Gasteiger partial charge in [-0.1, -0.05) is 0 Å². The van der Waals surface area contributed by atoms with E-state index in [0.29, 0.717) is 6.54 Å². The third-order valence-electron chi connectivity index (χ3n) is 5.85. The van der Waals surface area contributed by atoms with Crippen molar-refractivity contribution < 1.29 is 9.18 Å². The van der Waals surface area contributed by atoms with E-state index in [0.717, 1.165) is 71.0 Å². The molecule has 1 aromatic carbocycles. The molecule has 2 saturated heterocycles. The van der Waals surface area contributed by atoms with Gasteiger partial charge in [0.05, 0.1) is 6.54 Å². The Morgan fingerprint density at radius 2 is 1.66 bits per heavy atom. The van der Waals surface area contributed by atoms with E-state index in [-0.39, 0.29) is 11.7 Å². The Morgan fingerprint density at radius 3 is 2.38 bits per heavy atom. The van der Waals surface area contributed by atoms with E-state index >= 15 is 0 Å². The molecule has 1 aromatic heterocycles. The number of halogens is 1. The van der Waals surface area contributed by atoms with Crippen LogP contribution in [0.25, 0.3) is 0 Å². The Labute approximate surface area is 176 Å². The number of carbonyl (C=O) groups excluding carboxylic acids is 1. The summed E-state index contributed by atoms with van der Waals surface area (Å²) in [4.78, 5) is 21.8. The maximum atomic E-state index is 13.2. The number of nitrogens with zero attached hydrogens (tertiary/aromatic N) is 4. The molecule has 0 atom stereocenters. The van der Waals surface area contributed by atoms with E-state index < -0.39 is 0 Å². The van der Waals surface area contributed by atoms with Crippen molar-refractivity contribution in [1.82, 2.24) is 14.7 Å². The van der Waals surface area contributed by atoms with Crippen LogP contribution in [-0.2, 0) is 11.3 Å². The molecule has 0 radical (unpaired) electrons. The fraction of sp³-hybridized carbons (Fsp3) is 0.500. The minimum absolute atomic E-state index is 0.203. The first-order chi connectivity index (χ1) is 14.2. The van der Waals surface area contributed by atoms with Gasteiger partial charge >= 0.3 is 0 Å². The van der Waals surface area contributed by atoms with Gasteiger partial charge in [0.1, 0.15) is 5.82 Å². The van der Waals surface area contributed by atoms with Crippen LogP contribution in [0.3, 0.4) is 0 Å². The summed E-state index contributed by atoms with van der Waals surface area (Å²) in [5, 5.41) is 4.32. The zero-order valence-electron chi connectivity index (χ0n) is 16.8. The third kappa shape index (κ3) is 5.56. The minimum atomic E-state index is -0.203. The van der Waals surface area contributed by atoms with E-state index in [9.17, 15) is 9.18 Å². The predicted octanol–water partition coefficient (Wildman–Crippen LogP) is 2.74. The van der Waals surface area contributed by atoms with Crippen molar-refractivity contribution >= 4 is 22.9 Å². The summed E-state index contributed by atoms with van der Waals surface area (Å²) in [6.45, 7) is 8.61. The van der Waals surface area contributed by atoms with Crippen LogP contribution in [0.1, 0.15) is 12.0 Å². The predicted molar refractivity (Wildman–Crippen MR) is 116 cm³/mol. The molecule has 3 heterocycles. The highest BCUT2D eigenvalue weighted by Crippen LogP contribution is 2.17. The van der Waals surface area contributed by atoms with Crippen LogP contribution in [0.4, 0.5) is 10.1 Å². The highest BCUT2D eigenvalue weighted by atomic mass is 32.1. The molecule has 29 heavy (non-hydrogen) atoms. The number of rotatable bonds is 5. The smallest absolute Gasteiger partial charge is 0.236 e.